The van der Waals surface area contributed by atoms with Crippen LogP contribution in [0.2, 0.25) is 0 Å². The van der Waals surface area contributed by atoms with Gasteiger partial charge >= 0.3 is 0 Å². The van der Waals surface area contributed by atoms with Crippen molar-refractivity contribution in [2.75, 3.05) is 6.61 Å². The number of hydrogen-bond donors (Lipinski definition) is 0. The van der Waals surface area contributed by atoms with E-state index in [1.165, 1.54) is 0 Å². The summed E-state index contributed by atoms with van der Waals surface area (Å²) in [6.07, 6.45) is 4.53. The summed E-state index contributed by atoms with van der Waals surface area (Å²) in [5.41, 5.74) is 0.812. The van der Waals surface area contributed by atoms with Crippen molar-refractivity contribution in [3.63, 3.8) is 0 Å². The van der Waals surface area contributed by atoms with E-state index in [0.717, 1.165) is 25.7 Å². The molecule has 0 atom stereocenters. The molecule has 0 unspecified atom stereocenters. The number of halogens is 2. The number of furan rings is 1. The minimum absolute atomic E-state index is 0.0585. The second-order valence-electron chi connectivity index (χ2n) is 6.08. The predicted octanol–water partition coefficient (Wildman–Crippen LogP) is 6.39. The van der Waals surface area contributed by atoms with Crippen LogP contribution in [0.15, 0.2) is 28.7 Å². The Balaban J connectivity index is 2.06. The van der Waals surface area contributed by atoms with Gasteiger partial charge in [0.05, 0.1) is 6.61 Å². The van der Waals surface area contributed by atoms with Crippen molar-refractivity contribution in [2.45, 2.75) is 46.0 Å². The third kappa shape index (κ3) is 2.97. The Hall–Kier alpha value is -2.10. The summed E-state index contributed by atoms with van der Waals surface area (Å²) in [4.78, 5) is 0. The lowest BCUT2D eigenvalue weighted by Gasteiger charge is -2.05. The average molecular weight is 332 g/mol. The summed E-state index contributed by atoms with van der Waals surface area (Å²) in [6.45, 7) is 4.49. The van der Waals surface area contributed by atoms with Gasteiger partial charge in [0.2, 0.25) is 5.82 Å². The van der Waals surface area contributed by atoms with Crippen LogP contribution in [0.3, 0.4) is 0 Å². The van der Waals surface area contributed by atoms with Crippen LogP contribution in [0.5, 0.6) is 5.75 Å². The lowest BCUT2D eigenvalue weighted by molar-refractivity contribution is 0.301. The molecule has 0 saturated carbocycles. The molecule has 24 heavy (non-hydrogen) atoms. The molecule has 4 heteroatoms. The first kappa shape index (κ1) is 16.7. The lowest BCUT2D eigenvalue weighted by atomic mass is 10.0. The molecule has 1 aromatic heterocycles. The molecule has 0 aliphatic heterocycles. The molecule has 0 bridgehead atoms. The topological polar surface area (TPSA) is 22.4 Å². The summed E-state index contributed by atoms with van der Waals surface area (Å²) in [5.74, 6) is -0.800. The van der Waals surface area contributed by atoms with Gasteiger partial charge in [-0.2, -0.15) is 4.39 Å². The molecule has 0 N–H and O–H groups in total. The largest absolute Gasteiger partial charge is 0.490 e. The molecule has 0 amide bonds. The van der Waals surface area contributed by atoms with Crippen LogP contribution in [-0.4, -0.2) is 6.61 Å². The van der Waals surface area contributed by atoms with Crippen LogP contribution in [0.25, 0.3) is 21.9 Å². The molecular formula is C20H22F2O2. The number of aryl methyl sites for hydroxylation is 1. The van der Waals surface area contributed by atoms with Crippen molar-refractivity contribution in [3.8, 4) is 5.75 Å². The van der Waals surface area contributed by atoms with Crippen LogP contribution in [0.1, 0.15) is 45.1 Å². The summed E-state index contributed by atoms with van der Waals surface area (Å²) in [7, 11) is 0. The summed E-state index contributed by atoms with van der Waals surface area (Å²) in [5, 5.41) is 1.17. The van der Waals surface area contributed by atoms with E-state index in [4.69, 9.17) is 9.15 Å². The second kappa shape index (κ2) is 7.20. The van der Waals surface area contributed by atoms with Crippen LogP contribution >= 0.6 is 0 Å². The number of benzene rings is 2. The maximum Gasteiger partial charge on any atom is 0.208 e. The molecule has 0 fully saturated rings. The van der Waals surface area contributed by atoms with E-state index in [1.54, 1.807) is 18.2 Å². The highest BCUT2D eigenvalue weighted by Gasteiger charge is 2.19. The Labute approximate surface area is 140 Å². The fraction of sp³-hybridized carbons (Fsp3) is 0.400. The van der Waals surface area contributed by atoms with Crippen LogP contribution in [0, 0.1) is 11.6 Å². The number of unbranched alkanes of at least 4 members (excludes halogenated alkanes) is 2. The maximum absolute atomic E-state index is 14.7. The zero-order chi connectivity index (χ0) is 17.1. The molecule has 3 aromatic rings. The molecular weight excluding hydrogens is 310 g/mol. The van der Waals surface area contributed by atoms with E-state index in [0.29, 0.717) is 29.4 Å². The van der Waals surface area contributed by atoms with E-state index in [1.807, 2.05) is 13.0 Å². The molecule has 0 radical (unpaired) electrons. The quantitative estimate of drug-likeness (QED) is 0.468. The fourth-order valence-corrected chi connectivity index (χ4v) is 2.94. The lowest BCUT2D eigenvalue weighted by Crippen LogP contribution is -1.97. The Bertz CT molecular complexity index is 852. The minimum Gasteiger partial charge on any atom is -0.490 e. The third-order valence-electron chi connectivity index (χ3n) is 4.24. The molecule has 2 aromatic carbocycles. The Morgan fingerprint density at radius 1 is 0.875 bits per heavy atom. The normalized spacial score (nSPS) is 11.5. The van der Waals surface area contributed by atoms with E-state index in [-0.39, 0.29) is 22.7 Å². The molecule has 0 saturated heterocycles. The SMILES string of the molecule is CCCCCc1ccc2c(oc3c(F)c(OCCC)ccc32)c1F. The van der Waals surface area contributed by atoms with Crippen molar-refractivity contribution >= 4 is 21.9 Å². The van der Waals surface area contributed by atoms with Crippen molar-refractivity contribution in [2.24, 2.45) is 0 Å². The van der Waals surface area contributed by atoms with Gasteiger partial charge in [0.25, 0.3) is 0 Å². The van der Waals surface area contributed by atoms with Crippen molar-refractivity contribution < 1.29 is 17.9 Å². The molecule has 1 heterocycles. The van der Waals surface area contributed by atoms with Gasteiger partial charge in [-0.15, -0.1) is 0 Å². The molecule has 0 aliphatic carbocycles. The highest BCUT2D eigenvalue weighted by Crippen LogP contribution is 2.36. The minimum atomic E-state index is -0.566. The summed E-state index contributed by atoms with van der Waals surface area (Å²) >= 11 is 0. The van der Waals surface area contributed by atoms with Crippen LogP contribution < -0.4 is 4.74 Å². The van der Waals surface area contributed by atoms with Crippen LogP contribution in [0.4, 0.5) is 8.78 Å². The zero-order valence-corrected chi connectivity index (χ0v) is 14.1. The van der Waals surface area contributed by atoms with Gasteiger partial charge in [-0.25, -0.2) is 4.39 Å². The number of fused-ring (bicyclic) bond motifs is 3. The van der Waals surface area contributed by atoms with Gasteiger partial charge in [-0.05, 0) is 43.0 Å². The van der Waals surface area contributed by atoms with Crippen molar-refractivity contribution in [3.05, 3.63) is 41.5 Å². The van der Waals surface area contributed by atoms with E-state index in [9.17, 15) is 8.78 Å². The molecule has 0 aliphatic rings. The van der Waals surface area contributed by atoms with Gasteiger partial charge < -0.3 is 9.15 Å². The smallest absolute Gasteiger partial charge is 0.208 e. The van der Waals surface area contributed by atoms with Gasteiger partial charge in [-0.1, -0.05) is 32.8 Å². The Kier molecular flexibility index (Phi) is 5.03. The highest BCUT2D eigenvalue weighted by atomic mass is 19.1. The fourth-order valence-electron chi connectivity index (χ4n) is 2.94. The first-order valence-electron chi connectivity index (χ1n) is 8.62. The van der Waals surface area contributed by atoms with E-state index >= 15 is 0 Å². The number of rotatable bonds is 7. The van der Waals surface area contributed by atoms with Gasteiger partial charge in [0.1, 0.15) is 0 Å². The Morgan fingerprint density at radius 2 is 1.58 bits per heavy atom. The monoisotopic (exact) mass is 332 g/mol. The standard InChI is InChI=1S/C20H22F2O2/c1-3-5-6-7-13-8-9-14-15-10-11-16(23-12-4-2)18(22)20(15)24-19(14)17(13)21/h8-11H,3-7,12H2,1-2H3. The van der Waals surface area contributed by atoms with Gasteiger partial charge in [0.15, 0.2) is 22.7 Å². The molecule has 0 spiro atoms. The first-order valence-corrected chi connectivity index (χ1v) is 8.62. The number of hydrogen-bond acceptors (Lipinski definition) is 2. The van der Waals surface area contributed by atoms with E-state index < -0.39 is 5.82 Å². The zero-order valence-electron chi connectivity index (χ0n) is 14.1. The first-order chi connectivity index (χ1) is 11.7. The predicted molar refractivity (Wildman–Crippen MR) is 92.7 cm³/mol. The second-order valence-corrected chi connectivity index (χ2v) is 6.08. The number of ether oxygens (including phenoxy) is 1. The Morgan fingerprint density at radius 3 is 2.29 bits per heavy atom. The van der Waals surface area contributed by atoms with Crippen LogP contribution in [-0.2, 0) is 6.42 Å². The van der Waals surface area contributed by atoms with Gasteiger partial charge in [0, 0.05) is 10.8 Å². The molecule has 2 nitrogen and oxygen atoms in total. The highest BCUT2D eigenvalue weighted by molar-refractivity contribution is 6.05. The molecule has 128 valence electrons. The van der Waals surface area contributed by atoms with Crippen molar-refractivity contribution in [1.82, 2.24) is 0 Å². The molecule has 3 rings (SSSR count). The maximum atomic E-state index is 14.7. The summed E-state index contributed by atoms with van der Waals surface area (Å²) < 4.78 is 40.2. The summed E-state index contributed by atoms with van der Waals surface area (Å²) in [6, 6.07) is 6.90. The van der Waals surface area contributed by atoms with Gasteiger partial charge in [-0.3, -0.25) is 0 Å². The van der Waals surface area contributed by atoms with Crippen molar-refractivity contribution in [1.29, 1.82) is 0 Å². The third-order valence-corrected chi connectivity index (χ3v) is 4.24. The average Bonchev–Trinajstić information content (AvgIpc) is 2.97. The van der Waals surface area contributed by atoms with E-state index in [2.05, 4.69) is 6.92 Å².